The van der Waals surface area contributed by atoms with Crippen LogP contribution in [0.25, 0.3) is 0 Å². The van der Waals surface area contributed by atoms with Gasteiger partial charge in [0.25, 0.3) is 0 Å². The Kier molecular flexibility index (Phi) is 6.77. The fourth-order valence-electron chi connectivity index (χ4n) is 3.50. The van der Waals surface area contributed by atoms with Crippen LogP contribution in [0.3, 0.4) is 0 Å². The lowest BCUT2D eigenvalue weighted by atomic mass is 9.89. The molecule has 1 aromatic carbocycles. The summed E-state index contributed by atoms with van der Waals surface area (Å²) in [7, 11) is 0. The van der Waals surface area contributed by atoms with E-state index in [0.717, 1.165) is 13.0 Å². The van der Waals surface area contributed by atoms with Crippen LogP contribution in [-0.2, 0) is 0 Å². The van der Waals surface area contributed by atoms with Crippen molar-refractivity contribution in [1.29, 1.82) is 0 Å². The Bertz CT molecular complexity index is 583. The van der Waals surface area contributed by atoms with Gasteiger partial charge in [-0.05, 0) is 49.0 Å². The number of halogens is 1. The second kappa shape index (κ2) is 8.59. The first-order chi connectivity index (χ1) is 11.0. The normalized spacial score (nSPS) is 19.1. The molecular formula is C21H30ClN. The lowest BCUT2D eigenvalue weighted by Crippen LogP contribution is -2.14. The molecule has 0 amide bonds. The summed E-state index contributed by atoms with van der Waals surface area (Å²) in [5.74, 6) is 0.407. The predicted molar refractivity (Wildman–Crippen MR) is 102 cm³/mol. The number of aryl methyl sites for hydroxylation is 1. The van der Waals surface area contributed by atoms with Crippen LogP contribution in [0.4, 0.5) is 0 Å². The zero-order valence-electron chi connectivity index (χ0n) is 15.0. The van der Waals surface area contributed by atoms with Crippen LogP contribution in [0.1, 0.15) is 63.5 Å². The van der Waals surface area contributed by atoms with E-state index < -0.39 is 0 Å². The SMILES string of the molecule is CCCCCC1=C(C(C)c2ccccc2C)NC/C1=C\C(C)Cl. The summed E-state index contributed by atoms with van der Waals surface area (Å²) in [6.45, 7) is 9.74. The van der Waals surface area contributed by atoms with Crippen LogP contribution in [-0.4, -0.2) is 11.9 Å². The number of benzene rings is 1. The molecule has 2 atom stereocenters. The number of unbranched alkanes of at least 4 members (excludes halogenated alkanes) is 2. The summed E-state index contributed by atoms with van der Waals surface area (Å²) in [6.07, 6.45) is 7.17. The summed E-state index contributed by atoms with van der Waals surface area (Å²) >= 11 is 6.23. The summed E-state index contributed by atoms with van der Waals surface area (Å²) in [4.78, 5) is 0. The maximum Gasteiger partial charge on any atom is 0.0494 e. The molecule has 2 unspecified atom stereocenters. The van der Waals surface area contributed by atoms with Crippen molar-refractivity contribution < 1.29 is 0 Å². The molecule has 1 nitrogen and oxygen atoms in total. The Morgan fingerprint density at radius 3 is 2.61 bits per heavy atom. The molecule has 0 aromatic heterocycles. The topological polar surface area (TPSA) is 12.0 Å². The number of nitrogens with one attached hydrogen (secondary N) is 1. The van der Waals surface area contributed by atoms with Gasteiger partial charge >= 0.3 is 0 Å². The van der Waals surface area contributed by atoms with E-state index in [-0.39, 0.29) is 5.38 Å². The predicted octanol–water partition coefficient (Wildman–Crippen LogP) is 6.09. The van der Waals surface area contributed by atoms with Crippen molar-refractivity contribution >= 4 is 11.6 Å². The number of rotatable bonds is 7. The van der Waals surface area contributed by atoms with Gasteiger partial charge in [-0.2, -0.15) is 0 Å². The minimum Gasteiger partial charge on any atom is -0.384 e. The monoisotopic (exact) mass is 331 g/mol. The van der Waals surface area contributed by atoms with E-state index >= 15 is 0 Å². The van der Waals surface area contributed by atoms with Crippen LogP contribution in [0, 0.1) is 6.92 Å². The molecule has 0 saturated carbocycles. The Morgan fingerprint density at radius 1 is 1.22 bits per heavy atom. The highest BCUT2D eigenvalue weighted by Gasteiger charge is 2.24. The Morgan fingerprint density at radius 2 is 1.96 bits per heavy atom. The standard InChI is InChI=1S/C21H30ClN/c1-5-6-7-12-20-18(13-16(3)22)14-23-21(20)17(4)19-11-9-8-10-15(19)2/h8-11,13,16-17,23H,5-7,12,14H2,1-4H3/b18-13+. The third-order valence-corrected chi connectivity index (χ3v) is 4.86. The molecule has 0 spiro atoms. The smallest absolute Gasteiger partial charge is 0.0494 e. The molecular weight excluding hydrogens is 302 g/mol. The van der Waals surface area contributed by atoms with Crippen LogP contribution >= 0.6 is 11.6 Å². The van der Waals surface area contributed by atoms with Gasteiger partial charge in [0.1, 0.15) is 0 Å². The summed E-state index contributed by atoms with van der Waals surface area (Å²) < 4.78 is 0. The largest absolute Gasteiger partial charge is 0.384 e. The number of hydrogen-bond donors (Lipinski definition) is 1. The molecule has 2 heteroatoms. The molecule has 0 radical (unpaired) electrons. The average molecular weight is 332 g/mol. The number of alkyl halides is 1. The van der Waals surface area contributed by atoms with E-state index in [2.05, 4.69) is 56.4 Å². The first-order valence-corrected chi connectivity index (χ1v) is 9.35. The third kappa shape index (κ3) is 4.64. The highest BCUT2D eigenvalue weighted by Crippen LogP contribution is 2.35. The quantitative estimate of drug-likeness (QED) is 0.471. The molecule has 1 heterocycles. The Hall–Kier alpha value is -1.21. The van der Waals surface area contributed by atoms with Crippen molar-refractivity contribution in [1.82, 2.24) is 5.32 Å². The molecule has 0 bridgehead atoms. The fourth-order valence-corrected chi connectivity index (χ4v) is 3.66. The van der Waals surface area contributed by atoms with Gasteiger partial charge in [0.2, 0.25) is 0 Å². The van der Waals surface area contributed by atoms with Crippen molar-refractivity contribution in [3.05, 3.63) is 58.3 Å². The van der Waals surface area contributed by atoms with Crippen molar-refractivity contribution in [2.45, 2.75) is 64.7 Å². The summed E-state index contributed by atoms with van der Waals surface area (Å²) in [5.41, 5.74) is 7.09. The van der Waals surface area contributed by atoms with E-state index in [1.165, 1.54) is 47.2 Å². The fraction of sp³-hybridized carbons (Fsp3) is 0.524. The van der Waals surface area contributed by atoms with E-state index in [4.69, 9.17) is 11.6 Å². The highest BCUT2D eigenvalue weighted by molar-refractivity contribution is 6.21. The van der Waals surface area contributed by atoms with Crippen LogP contribution in [0.15, 0.2) is 47.2 Å². The van der Waals surface area contributed by atoms with Gasteiger partial charge in [-0.1, -0.05) is 57.0 Å². The number of hydrogen-bond acceptors (Lipinski definition) is 1. The van der Waals surface area contributed by atoms with E-state index in [1.807, 2.05) is 6.92 Å². The summed E-state index contributed by atoms with van der Waals surface area (Å²) in [5, 5.41) is 3.75. The molecule has 1 aliphatic rings. The zero-order chi connectivity index (χ0) is 16.8. The van der Waals surface area contributed by atoms with Crippen molar-refractivity contribution in [3.8, 4) is 0 Å². The molecule has 1 aromatic rings. The van der Waals surface area contributed by atoms with Gasteiger partial charge in [-0.15, -0.1) is 11.6 Å². The lowest BCUT2D eigenvalue weighted by Gasteiger charge is -2.18. The van der Waals surface area contributed by atoms with Crippen LogP contribution < -0.4 is 5.32 Å². The second-order valence-corrected chi connectivity index (χ2v) is 7.34. The number of allylic oxidation sites excluding steroid dienone is 2. The third-order valence-electron chi connectivity index (χ3n) is 4.73. The van der Waals surface area contributed by atoms with E-state index in [1.54, 1.807) is 0 Å². The highest BCUT2D eigenvalue weighted by atomic mass is 35.5. The molecule has 1 N–H and O–H groups in total. The van der Waals surface area contributed by atoms with Gasteiger partial charge in [0, 0.05) is 23.5 Å². The van der Waals surface area contributed by atoms with Crippen LogP contribution in [0.5, 0.6) is 0 Å². The molecule has 23 heavy (non-hydrogen) atoms. The first-order valence-electron chi connectivity index (χ1n) is 8.92. The molecule has 0 aliphatic carbocycles. The van der Waals surface area contributed by atoms with Crippen molar-refractivity contribution in [2.24, 2.45) is 0 Å². The Labute approximate surface area is 146 Å². The first kappa shape index (κ1) is 18.1. The summed E-state index contributed by atoms with van der Waals surface area (Å²) in [6, 6.07) is 8.72. The zero-order valence-corrected chi connectivity index (χ0v) is 15.7. The van der Waals surface area contributed by atoms with Gasteiger partial charge in [0.05, 0.1) is 0 Å². The Balaban J connectivity index is 2.33. The minimum absolute atomic E-state index is 0.0843. The molecule has 0 saturated heterocycles. The molecule has 126 valence electrons. The maximum absolute atomic E-state index is 6.23. The van der Waals surface area contributed by atoms with Crippen molar-refractivity contribution in [2.75, 3.05) is 6.54 Å². The minimum atomic E-state index is 0.0843. The average Bonchev–Trinajstić information content (AvgIpc) is 2.89. The van der Waals surface area contributed by atoms with Gasteiger partial charge < -0.3 is 5.32 Å². The van der Waals surface area contributed by atoms with Gasteiger partial charge in [-0.3, -0.25) is 0 Å². The molecule has 1 aliphatic heterocycles. The molecule has 2 rings (SSSR count). The lowest BCUT2D eigenvalue weighted by molar-refractivity contribution is 0.706. The molecule has 0 fully saturated rings. The van der Waals surface area contributed by atoms with Gasteiger partial charge in [-0.25, -0.2) is 0 Å². The van der Waals surface area contributed by atoms with Gasteiger partial charge in [0.15, 0.2) is 0 Å². The van der Waals surface area contributed by atoms with E-state index in [0.29, 0.717) is 5.92 Å². The van der Waals surface area contributed by atoms with E-state index in [9.17, 15) is 0 Å². The maximum atomic E-state index is 6.23. The van der Waals surface area contributed by atoms with Crippen molar-refractivity contribution in [3.63, 3.8) is 0 Å². The second-order valence-electron chi connectivity index (χ2n) is 6.65. The van der Waals surface area contributed by atoms with Crippen LogP contribution in [0.2, 0.25) is 0 Å².